The second-order valence-electron chi connectivity index (χ2n) is 4.17. The van der Waals surface area contributed by atoms with Crippen molar-refractivity contribution in [2.45, 2.75) is 39.4 Å². The Kier molecular flexibility index (Phi) is 5.65. The van der Waals surface area contributed by atoms with Crippen molar-refractivity contribution in [3.8, 4) is 0 Å². The molecule has 1 fully saturated rings. The first-order chi connectivity index (χ1) is 7.18. The summed E-state index contributed by atoms with van der Waals surface area (Å²) >= 11 is 0. The molecule has 0 saturated carbocycles. The van der Waals surface area contributed by atoms with Crippen LogP contribution < -0.4 is 5.32 Å². The van der Waals surface area contributed by atoms with E-state index in [1.54, 1.807) is 0 Å². The summed E-state index contributed by atoms with van der Waals surface area (Å²) in [6, 6.07) is 0. The molecule has 15 heavy (non-hydrogen) atoms. The van der Waals surface area contributed by atoms with Crippen LogP contribution >= 0.6 is 0 Å². The van der Waals surface area contributed by atoms with Crippen LogP contribution in [0.15, 0.2) is 0 Å². The average molecular weight is 215 g/mol. The highest BCUT2D eigenvalue weighted by Gasteiger charge is 2.15. The van der Waals surface area contributed by atoms with Gasteiger partial charge in [0.25, 0.3) is 0 Å². The zero-order valence-corrected chi connectivity index (χ0v) is 9.62. The standard InChI is InChI=1S/C11H21NO3/c1-9(7-12-10(2)13)8-15-11-5-3-4-6-14-11/h9,11H,3-8H2,1-2H3,(H,12,13). The average Bonchev–Trinajstić information content (AvgIpc) is 2.25. The third kappa shape index (κ3) is 5.74. The first-order valence-corrected chi connectivity index (χ1v) is 5.66. The minimum absolute atomic E-state index is 0.00997. The third-order valence-corrected chi connectivity index (χ3v) is 2.40. The van der Waals surface area contributed by atoms with Gasteiger partial charge in [0.05, 0.1) is 6.61 Å². The van der Waals surface area contributed by atoms with Gasteiger partial charge in [0.1, 0.15) is 0 Å². The Morgan fingerprint density at radius 2 is 2.40 bits per heavy atom. The number of hydrogen-bond acceptors (Lipinski definition) is 3. The van der Waals surface area contributed by atoms with Gasteiger partial charge in [-0.3, -0.25) is 4.79 Å². The fourth-order valence-electron chi connectivity index (χ4n) is 1.49. The summed E-state index contributed by atoms with van der Waals surface area (Å²) in [7, 11) is 0. The number of carbonyl (C=O) groups is 1. The van der Waals surface area contributed by atoms with E-state index in [0.717, 1.165) is 19.4 Å². The predicted octanol–water partition coefficient (Wildman–Crippen LogP) is 1.30. The molecule has 1 amide bonds. The third-order valence-electron chi connectivity index (χ3n) is 2.40. The maximum absolute atomic E-state index is 10.7. The van der Waals surface area contributed by atoms with Crippen molar-refractivity contribution >= 4 is 5.91 Å². The molecule has 1 saturated heterocycles. The summed E-state index contributed by atoms with van der Waals surface area (Å²) in [4.78, 5) is 10.7. The Morgan fingerprint density at radius 1 is 1.60 bits per heavy atom. The number of nitrogens with one attached hydrogen (secondary N) is 1. The molecular formula is C11H21NO3. The number of rotatable bonds is 5. The number of ether oxygens (including phenoxy) is 2. The monoisotopic (exact) mass is 215 g/mol. The zero-order valence-electron chi connectivity index (χ0n) is 9.62. The highest BCUT2D eigenvalue weighted by molar-refractivity contribution is 5.72. The molecule has 88 valence electrons. The Hall–Kier alpha value is -0.610. The molecule has 0 aromatic carbocycles. The summed E-state index contributed by atoms with van der Waals surface area (Å²) in [5.41, 5.74) is 0. The van der Waals surface area contributed by atoms with Crippen molar-refractivity contribution in [1.82, 2.24) is 5.32 Å². The van der Waals surface area contributed by atoms with Gasteiger partial charge in [0.15, 0.2) is 6.29 Å². The second kappa shape index (κ2) is 6.80. The first-order valence-electron chi connectivity index (χ1n) is 5.66. The van der Waals surface area contributed by atoms with Crippen LogP contribution in [0.3, 0.4) is 0 Å². The van der Waals surface area contributed by atoms with Gasteiger partial charge in [0, 0.05) is 20.1 Å². The molecule has 0 aromatic heterocycles. The van der Waals surface area contributed by atoms with E-state index in [2.05, 4.69) is 12.2 Å². The van der Waals surface area contributed by atoms with E-state index in [1.165, 1.54) is 13.3 Å². The lowest BCUT2D eigenvalue weighted by Gasteiger charge is -2.24. The molecule has 0 bridgehead atoms. The Morgan fingerprint density at radius 3 is 3.00 bits per heavy atom. The van der Waals surface area contributed by atoms with Crippen LogP contribution in [-0.2, 0) is 14.3 Å². The van der Waals surface area contributed by atoms with Crippen molar-refractivity contribution in [2.75, 3.05) is 19.8 Å². The molecule has 2 unspecified atom stereocenters. The van der Waals surface area contributed by atoms with E-state index in [-0.39, 0.29) is 12.2 Å². The zero-order chi connectivity index (χ0) is 11.1. The minimum Gasteiger partial charge on any atom is -0.356 e. The molecule has 1 aliphatic rings. The SMILES string of the molecule is CC(=O)NCC(C)COC1CCCCO1. The number of carbonyl (C=O) groups excluding carboxylic acids is 1. The summed E-state index contributed by atoms with van der Waals surface area (Å²) in [6.07, 6.45) is 3.29. The van der Waals surface area contributed by atoms with E-state index in [0.29, 0.717) is 19.1 Å². The molecule has 0 aliphatic carbocycles. The smallest absolute Gasteiger partial charge is 0.216 e. The van der Waals surface area contributed by atoms with Crippen LogP contribution in [0.1, 0.15) is 33.1 Å². The fraction of sp³-hybridized carbons (Fsp3) is 0.909. The van der Waals surface area contributed by atoms with Crippen molar-refractivity contribution < 1.29 is 14.3 Å². The van der Waals surface area contributed by atoms with Crippen LogP contribution in [-0.4, -0.2) is 32.0 Å². The number of hydrogen-bond donors (Lipinski definition) is 1. The molecule has 1 rings (SSSR count). The fourth-order valence-corrected chi connectivity index (χ4v) is 1.49. The van der Waals surface area contributed by atoms with Crippen molar-refractivity contribution in [3.05, 3.63) is 0 Å². The van der Waals surface area contributed by atoms with E-state index >= 15 is 0 Å². The molecule has 2 atom stereocenters. The molecule has 1 heterocycles. The molecule has 0 spiro atoms. The second-order valence-corrected chi connectivity index (χ2v) is 4.17. The van der Waals surface area contributed by atoms with Crippen LogP contribution in [0.2, 0.25) is 0 Å². The van der Waals surface area contributed by atoms with Crippen molar-refractivity contribution in [1.29, 1.82) is 0 Å². The molecule has 0 radical (unpaired) electrons. The molecule has 4 nitrogen and oxygen atoms in total. The lowest BCUT2D eigenvalue weighted by atomic mass is 10.2. The quantitative estimate of drug-likeness (QED) is 0.752. The van der Waals surface area contributed by atoms with Gasteiger partial charge in [-0.2, -0.15) is 0 Å². The van der Waals surface area contributed by atoms with Crippen molar-refractivity contribution in [2.24, 2.45) is 5.92 Å². The van der Waals surface area contributed by atoms with E-state index < -0.39 is 0 Å². The molecular weight excluding hydrogens is 194 g/mol. The molecule has 1 N–H and O–H groups in total. The maximum atomic E-state index is 10.7. The van der Waals surface area contributed by atoms with E-state index in [9.17, 15) is 4.79 Å². The Balaban J connectivity index is 2.04. The Bertz CT molecular complexity index is 190. The van der Waals surface area contributed by atoms with Gasteiger partial charge in [-0.25, -0.2) is 0 Å². The summed E-state index contributed by atoms with van der Waals surface area (Å²) in [5, 5.41) is 2.77. The van der Waals surface area contributed by atoms with Gasteiger partial charge in [-0.05, 0) is 25.2 Å². The van der Waals surface area contributed by atoms with Gasteiger partial charge >= 0.3 is 0 Å². The Labute approximate surface area is 91.3 Å². The molecule has 0 aromatic rings. The van der Waals surface area contributed by atoms with Gasteiger partial charge < -0.3 is 14.8 Å². The van der Waals surface area contributed by atoms with Gasteiger partial charge in [-0.1, -0.05) is 6.92 Å². The lowest BCUT2D eigenvalue weighted by molar-refractivity contribution is -0.168. The summed E-state index contributed by atoms with van der Waals surface area (Å²) in [5.74, 6) is 0.343. The maximum Gasteiger partial charge on any atom is 0.216 e. The van der Waals surface area contributed by atoms with E-state index in [1.807, 2.05) is 0 Å². The van der Waals surface area contributed by atoms with Crippen LogP contribution in [0.25, 0.3) is 0 Å². The summed E-state index contributed by atoms with van der Waals surface area (Å²) in [6.45, 7) is 5.70. The topological polar surface area (TPSA) is 47.6 Å². The highest BCUT2D eigenvalue weighted by atomic mass is 16.7. The molecule has 4 heteroatoms. The highest BCUT2D eigenvalue weighted by Crippen LogP contribution is 2.14. The number of amides is 1. The van der Waals surface area contributed by atoms with Crippen LogP contribution in [0.4, 0.5) is 0 Å². The predicted molar refractivity (Wildman–Crippen MR) is 57.4 cm³/mol. The molecule has 1 aliphatic heterocycles. The minimum atomic E-state index is -0.0291. The summed E-state index contributed by atoms with van der Waals surface area (Å²) < 4.78 is 11.0. The first kappa shape index (κ1) is 12.5. The van der Waals surface area contributed by atoms with Gasteiger partial charge in [-0.15, -0.1) is 0 Å². The van der Waals surface area contributed by atoms with Crippen LogP contribution in [0, 0.1) is 5.92 Å². The normalized spacial score (nSPS) is 23.5. The van der Waals surface area contributed by atoms with Crippen molar-refractivity contribution in [3.63, 3.8) is 0 Å². The lowest BCUT2D eigenvalue weighted by Crippen LogP contribution is -2.30. The van der Waals surface area contributed by atoms with Gasteiger partial charge in [0.2, 0.25) is 5.91 Å². The van der Waals surface area contributed by atoms with Crippen LogP contribution in [0.5, 0.6) is 0 Å². The largest absolute Gasteiger partial charge is 0.356 e. The van der Waals surface area contributed by atoms with E-state index in [4.69, 9.17) is 9.47 Å².